The van der Waals surface area contributed by atoms with Gasteiger partial charge in [-0.2, -0.15) is 0 Å². The average molecular weight is 233 g/mol. The van der Waals surface area contributed by atoms with Gasteiger partial charge in [0, 0.05) is 16.6 Å². The van der Waals surface area contributed by atoms with Crippen molar-refractivity contribution in [3.05, 3.63) is 29.5 Å². The first-order valence-corrected chi connectivity index (χ1v) is 5.58. The van der Waals surface area contributed by atoms with Crippen molar-refractivity contribution in [3.8, 4) is 5.75 Å². The lowest BCUT2D eigenvalue weighted by Crippen LogP contribution is -2.01. The number of benzene rings is 1. The zero-order valence-electron chi connectivity index (χ0n) is 9.91. The van der Waals surface area contributed by atoms with Crippen molar-refractivity contribution in [1.82, 2.24) is 4.98 Å². The first kappa shape index (κ1) is 11.5. The summed E-state index contributed by atoms with van der Waals surface area (Å²) in [6.07, 6.45) is 0.00984. The Morgan fingerprint density at radius 3 is 2.88 bits per heavy atom. The molecule has 2 aromatic rings. The fourth-order valence-electron chi connectivity index (χ4n) is 2.06. The van der Waals surface area contributed by atoms with Crippen molar-refractivity contribution in [3.63, 3.8) is 0 Å². The number of hydrogen-bond donors (Lipinski definition) is 2. The van der Waals surface area contributed by atoms with Gasteiger partial charge >= 0.3 is 5.97 Å². The molecular weight excluding hydrogens is 218 g/mol. The van der Waals surface area contributed by atoms with Gasteiger partial charge in [-0.1, -0.05) is 6.07 Å². The van der Waals surface area contributed by atoms with Crippen LogP contribution in [0.2, 0.25) is 0 Å². The zero-order chi connectivity index (χ0) is 12.4. The number of aliphatic carboxylic acids is 1. The Morgan fingerprint density at radius 2 is 2.24 bits per heavy atom. The first-order valence-electron chi connectivity index (χ1n) is 5.58. The Hall–Kier alpha value is -1.97. The van der Waals surface area contributed by atoms with Gasteiger partial charge in [-0.05, 0) is 31.5 Å². The second-order valence-electron chi connectivity index (χ2n) is 3.91. The number of aryl methyl sites for hydroxylation is 1. The Kier molecular flexibility index (Phi) is 3.04. The van der Waals surface area contributed by atoms with Gasteiger partial charge in [0.05, 0.1) is 13.0 Å². The number of carboxylic acids is 1. The minimum absolute atomic E-state index is 0.00984. The third-order valence-corrected chi connectivity index (χ3v) is 2.73. The third-order valence-electron chi connectivity index (χ3n) is 2.73. The molecule has 2 N–H and O–H groups in total. The molecule has 0 fully saturated rings. The summed E-state index contributed by atoms with van der Waals surface area (Å²) in [5, 5.41) is 9.82. The topological polar surface area (TPSA) is 62.3 Å². The quantitative estimate of drug-likeness (QED) is 0.852. The van der Waals surface area contributed by atoms with Crippen LogP contribution in [0, 0.1) is 6.92 Å². The van der Waals surface area contributed by atoms with Crippen LogP contribution >= 0.6 is 0 Å². The molecule has 0 saturated heterocycles. The predicted octanol–water partition coefficient (Wildman–Crippen LogP) is 2.50. The second-order valence-corrected chi connectivity index (χ2v) is 3.91. The summed E-state index contributed by atoms with van der Waals surface area (Å²) in [5.41, 5.74) is 2.61. The van der Waals surface area contributed by atoms with Crippen LogP contribution in [0.15, 0.2) is 18.2 Å². The predicted molar refractivity (Wildman–Crippen MR) is 65.5 cm³/mol. The molecule has 4 heteroatoms. The molecule has 1 aromatic heterocycles. The van der Waals surface area contributed by atoms with E-state index >= 15 is 0 Å². The molecule has 0 aliphatic carbocycles. The maximum absolute atomic E-state index is 10.9. The second kappa shape index (κ2) is 4.49. The number of carboxylic acid groups (broad SMARTS) is 1. The van der Waals surface area contributed by atoms with Crippen molar-refractivity contribution < 1.29 is 14.6 Å². The summed E-state index contributed by atoms with van der Waals surface area (Å²) >= 11 is 0. The Morgan fingerprint density at radius 1 is 1.47 bits per heavy atom. The number of nitrogens with one attached hydrogen (secondary N) is 1. The molecule has 0 bridgehead atoms. The first-order chi connectivity index (χ1) is 8.13. The number of carbonyl (C=O) groups is 1. The van der Waals surface area contributed by atoms with Crippen LogP contribution in [0.1, 0.15) is 18.2 Å². The number of fused-ring (bicyclic) bond motifs is 1. The smallest absolute Gasteiger partial charge is 0.307 e. The number of aromatic amines is 1. The van der Waals surface area contributed by atoms with E-state index in [1.54, 1.807) is 0 Å². The van der Waals surface area contributed by atoms with Crippen LogP contribution in [0.5, 0.6) is 5.75 Å². The molecule has 4 nitrogen and oxygen atoms in total. The number of H-pyrrole nitrogens is 1. The maximum atomic E-state index is 10.9. The highest BCUT2D eigenvalue weighted by Crippen LogP contribution is 2.31. The highest BCUT2D eigenvalue weighted by atomic mass is 16.5. The standard InChI is InChI=1S/C13H15NO3/c1-3-17-11-6-4-5-10-13(11)9(7-12(15)16)8(2)14-10/h4-6,14H,3,7H2,1-2H3,(H,15,16). The van der Waals surface area contributed by atoms with E-state index in [0.29, 0.717) is 6.61 Å². The van der Waals surface area contributed by atoms with E-state index in [1.807, 2.05) is 32.0 Å². The molecule has 17 heavy (non-hydrogen) atoms. The number of hydrogen-bond acceptors (Lipinski definition) is 2. The van der Waals surface area contributed by atoms with Crippen molar-refractivity contribution in [2.75, 3.05) is 6.61 Å². The van der Waals surface area contributed by atoms with Gasteiger partial charge < -0.3 is 14.8 Å². The molecule has 0 aliphatic rings. The van der Waals surface area contributed by atoms with Crippen LogP contribution in [-0.4, -0.2) is 22.7 Å². The Balaban J connectivity index is 2.63. The van der Waals surface area contributed by atoms with E-state index in [0.717, 1.165) is 27.9 Å². The lowest BCUT2D eigenvalue weighted by atomic mass is 10.1. The summed E-state index contributed by atoms with van der Waals surface area (Å²) in [7, 11) is 0. The van der Waals surface area contributed by atoms with Crippen LogP contribution in [0.3, 0.4) is 0 Å². The number of aromatic nitrogens is 1. The van der Waals surface area contributed by atoms with E-state index in [4.69, 9.17) is 9.84 Å². The molecule has 0 aliphatic heterocycles. The lowest BCUT2D eigenvalue weighted by Gasteiger charge is -2.06. The van der Waals surface area contributed by atoms with E-state index in [9.17, 15) is 4.79 Å². The van der Waals surface area contributed by atoms with Crippen molar-refractivity contribution in [2.24, 2.45) is 0 Å². The van der Waals surface area contributed by atoms with Gasteiger partial charge in [-0.3, -0.25) is 4.79 Å². The molecule has 0 atom stereocenters. The minimum Gasteiger partial charge on any atom is -0.493 e. The van der Waals surface area contributed by atoms with Gasteiger partial charge in [0.1, 0.15) is 5.75 Å². The molecule has 90 valence electrons. The van der Waals surface area contributed by atoms with Gasteiger partial charge in [0.15, 0.2) is 0 Å². The summed E-state index contributed by atoms with van der Waals surface area (Å²) in [6.45, 7) is 4.36. The third kappa shape index (κ3) is 2.11. The fraction of sp³-hybridized carbons (Fsp3) is 0.308. The largest absolute Gasteiger partial charge is 0.493 e. The SMILES string of the molecule is CCOc1cccc2[nH]c(C)c(CC(=O)O)c12. The summed E-state index contributed by atoms with van der Waals surface area (Å²) in [5.74, 6) is -0.0918. The summed E-state index contributed by atoms with van der Waals surface area (Å²) in [6, 6.07) is 5.69. The van der Waals surface area contributed by atoms with E-state index in [-0.39, 0.29) is 6.42 Å². The highest BCUT2D eigenvalue weighted by Gasteiger charge is 2.15. The van der Waals surface area contributed by atoms with E-state index in [1.165, 1.54) is 0 Å². The normalized spacial score (nSPS) is 10.7. The molecule has 0 unspecified atom stereocenters. The molecule has 0 radical (unpaired) electrons. The van der Waals surface area contributed by atoms with Gasteiger partial charge in [-0.15, -0.1) is 0 Å². The molecule has 0 spiro atoms. The fourth-order valence-corrected chi connectivity index (χ4v) is 2.06. The van der Waals surface area contributed by atoms with Crippen molar-refractivity contribution in [2.45, 2.75) is 20.3 Å². The molecule has 1 aromatic carbocycles. The molecule has 0 amide bonds. The van der Waals surface area contributed by atoms with Gasteiger partial charge in [-0.25, -0.2) is 0 Å². The Bertz CT molecular complexity index is 557. The molecule has 2 rings (SSSR count). The van der Waals surface area contributed by atoms with Crippen LogP contribution in [0.25, 0.3) is 10.9 Å². The maximum Gasteiger partial charge on any atom is 0.307 e. The average Bonchev–Trinajstić information content (AvgIpc) is 2.56. The van der Waals surface area contributed by atoms with Crippen LogP contribution < -0.4 is 4.74 Å². The van der Waals surface area contributed by atoms with Crippen LogP contribution in [0.4, 0.5) is 0 Å². The lowest BCUT2D eigenvalue weighted by molar-refractivity contribution is -0.136. The van der Waals surface area contributed by atoms with Crippen LogP contribution in [-0.2, 0) is 11.2 Å². The minimum atomic E-state index is -0.833. The highest BCUT2D eigenvalue weighted by molar-refractivity contribution is 5.93. The number of rotatable bonds is 4. The van der Waals surface area contributed by atoms with Crippen molar-refractivity contribution in [1.29, 1.82) is 0 Å². The van der Waals surface area contributed by atoms with E-state index < -0.39 is 5.97 Å². The number of ether oxygens (including phenoxy) is 1. The van der Waals surface area contributed by atoms with Gasteiger partial charge in [0.2, 0.25) is 0 Å². The molecule has 1 heterocycles. The molecular formula is C13H15NO3. The van der Waals surface area contributed by atoms with Gasteiger partial charge in [0.25, 0.3) is 0 Å². The Labute approximate surface area is 99.2 Å². The monoisotopic (exact) mass is 233 g/mol. The van der Waals surface area contributed by atoms with E-state index in [2.05, 4.69) is 4.98 Å². The molecule has 0 saturated carbocycles. The zero-order valence-corrected chi connectivity index (χ0v) is 9.91. The van der Waals surface area contributed by atoms with Crippen molar-refractivity contribution >= 4 is 16.9 Å². The summed E-state index contributed by atoms with van der Waals surface area (Å²) < 4.78 is 5.54. The summed E-state index contributed by atoms with van der Waals surface area (Å²) in [4.78, 5) is 14.1.